The Hall–Kier alpha value is -4.48. The Morgan fingerprint density at radius 2 is 1.95 bits per heavy atom. The van der Waals surface area contributed by atoms with Crippen LogP contribution in [-0.4, -0.2) is 46.5 Å². The Morgan fingerprint density at radius 1 is 1.16 bits per heavy atom. The van der Waals surface area contributed by atoms with Crippen LogP contribution in [0.3, 0.4) is 0 Å². The fourth-order valence-corrected chi connectivity index (χ4v) is 5.96. The summed E-state index contributed by atoms with van der Waals surface area (Å²) in [5.41, 5.74) is -2.03. The summed E-state index contributed by atoms with van der Waals surface area (Å²) in [6, 6.07) is 10.5. The van der Waals surface area contributed by atoms with Crippen molar-refractivity contribution < 1.29 is 32.5 Å². The molecule has 1 saturated heterocycles. The molecule has 228 valence electrons. The number of amides is 1. The first-order valence-corrected chi connectivity index (χ1v) is 14.2. The Labute approximate surface area is 251 Å². The Morgan fingerprint density at radius 3 is 2.66 bits per heavy atom. The fraction of sp³-hybridized carbons (Fsp3) is 0.303. The van der Waals surface area contributed by atoms with E-state index in [0.29, 0.717) is 35.2 Å². The number of benzene rings is 3. The number of nitrogens with one attached hydrogen (secondary N) is 2. The minimum Gasteiger partial charge on any atom is -0.494 e. The Kier molecular flexibility index (Phi) is 7.33. The highest BCUT2D eigenvalue weighted by molar-refractivity contribution is 6.00. The molecular weight excluding hydrogens is 573 g/mol. The number of methoxy groups -OCH3 is 1. The monoisotopic (exact) mass is 604 g/mol. The molecule has 1 amide bonds. The number of aromatic amines is 1. The van der Waals surface area contributed by atoms with Crippen LogP contribution in [0, 0.1) is 24.4 Å². The molecule has 0 aliphatic carbocycles. The van der Waals surface area contributed by atoms with Gasteiger partial charge in [0.15, 0.2) is 0 Å². The van der Waals surface area contributed by atoms with Gasteiger partial charge < -0.3 is 24.9 Å². The molecule has 0 bridgehead atoms. The van der Waals surface area contributed by atoms with Crippen LogP contribution in [-0.2, 0) is 15.9 Å². The van der Waals surface area contributed by atoms with Gasteiger partial charge in [-0.15, -0.1) is 5.10 Å². The SMILES string of the molecule is COc1cc(C(=O)NCC2(c3cc(C(C)(C)O)c(F)c(-c4c[nH]c5c(F)cccc45)c3F)CCCO2)cc2cc(C)nnc12. The lowest BCUT2D eigenvalue weighted by Gasteiger charge is -2.32. The number of nitrogens with zero attached hydrogens (tertiary/aromatic N) is 2. The minimum atomic E-state index is -1.70. The lowest BCUT2D eigenvalue weighted by Crippen LogP contribution is -2.41. The van der Waals surface area contributed by atoms with E-state index in [1.54, 1.807) is 31.2 Å². The van der Waals surface area contributed by atoms with Crippen molar-refractivity contribution in [3.05, 3.63) is 88.5 Å². The van der Waals surface area contributed by atoms with Crippen LogP contribution >= 0.6 is 0 Å². The molecule has 8 nitrogen and oxygen atoms in total. The predicted octanol–water partition coefficient (Wildman–Crippen LogP) is 6.18. The third-order valence-corrected chi connectivity index (χ3v) is 8.18. The number of carbonyl (C=O) groups excluding carboxylic acids is 1. The zero-order valence-electron chi connectivity index (χ0n) is 24.6. The van der Waals surface area contributed by atoms with Crippen molar-refractivity contribution in [1.82, 2.24) is 20.5 Å². The lowest BCUT2D eigenvalue weighted by molar-refractivity contribution is -0.00192. The third kappa shape index (κ3) is 4.95. The van der Waals surface area contributed by atoms with E-state index in [-0.39, 0.29) is 46.3 Å². The topological polar surface area (TPSA) is 109 Å². The van der Waals surface area contributed by atoms with E-state index in [0.717, 1.165) is 0 Å². The molecule has 11 heteroatoms. The predicted molar refractivity (Wildman–Crippen MR) is 159 cm³/mol. The molecule has 5 aromatic rings. The molecule has 44 heavy (non-hydrogen) atoms. The van der Waals surface area contributed by atoms with Crippen molar-refractivity contribution in [3.8, 4) is 16.9 Å². The van der Waals surface area contributed by atoms with Crippen molar-refractivity contribution in [2.45, 2.75) is 44.8 Å². The average molecular weight is 605 g/mol. The van der Waals surface area contributed by atoms with Crippen LogP contribution in [0.4, 0.5) is 13.2 Å². The maximum atomic E-state index is 16.7. The summed E-state index contributed by atoms with van der Waals surface area (Å²) in [5.74, 6) is -2.56. The second kappa shape index (κ2) is 10.9. The van der Waals surface area contributed by atoms with Gasteiger partial charge in [-0.2, -0.15) is 5.10 Å². The van der Waals surface area contributed by atoms with Gasteiger partial charge in [0.25, 0.3) is 5.91 Å². The van der Waals surface area contributed by atoms with E-state index in [2.05, 4.69) is 20.5 Å². The van der Waals surface area contributed by atoms with Crippen molar-refractivity contribution in [2.24, 2.45) is 0 Å². The number of aliphatic hydroxyl groups is 1. The van der Waals surface area contributed by atoms with Crippen molar-refractivity contribution >= 4 is 27.7 Å². The molecule has 0 saturated carbocycles. The van der Waals surface area contributed by atoms with Crippen LogP contribution in [0.1, 0.15) is 53.9 Å². The summed E-state index contributed by atoms with van der Waals surface area (Å²) >= 11 is 0. The highest BCUT2D eigenvalue weighted by Gasteiger charge is 2.43. The van der Waals surface area contributed by atoms with Gasteiger partial charge in [0.1, 0.15) is 34.3 Å². The van der Waals surface area contributed by atoms with E-state index in [9.17, 15) is 14.3 Å². The fourth-order valence-electron chi connectivity index (χ4n) is 5.96. The molecule has 6 rings (SSSR count). The van der Waals surface area contributed by atoms with Gasteiger partial charge in [-0.25, -0.2) is 13.2 Å². The second-order valence-corrected chi connectivity index (χ2v) is 11.6. The summed E-state index contributed by atoms with van der Waals surface area (Å²) in [6.07, 6.45) is 2.22. The van der Waals surface area contributed by atoms with Crippen LogP contribution in [0.15, 0.2) is 48.7 Å². The van der Waals surface area contributed by atoms with E-state index < -0.39 is 40.1 Å². The second-order valence-electron chi connectivity index (χ2n) is 11.6. The molecule has 2 aromatic heterocycles. The van der Waals surface area contributed by atoms with Gasteiger partial charge in [-0.3, -0.25) is 4.79 Å². The minimum absolute atomic E-state index is 0.0171. The molecule has 0 radical (unpaired) electrons. The van der Waals surface area contributed by atoms with Crippen LogP contribution in [0.25, 0.3) is 32.9 Å². The van der Waals surface area contributed by atoms with Gasteiger partial charge in [0.05, 0.1) is 36.0 Å². The van der Waals surface area contributed by atoms with Crippen molar-refractivity contribution in [1.29, 1.82) is 0 Å². The Bertz CT molecular complexity index is 1930. The number of halogens is 3. The summed E-state index contributed by atoms with van der Waals surface area (Å²) in [7, 11) is 1.47. The molecular formula is C33H31F3N4O4. The lowest BCUT2D eigenvalue weighted by atomic mass is 9.83. The van der Waals surface area contributed by atoms with Gasteiger partial charge in [0.2, 0.25) is 0 Å². The molecule has 1 aliphatic rings. The van der Waals surface area contributed by atoms with E-state index in [1.165, 1.54) is 45.4 Å². The smallest absolute Gasteiger partial charge is 0.251 e. The first-order chi connectivity index (χ1) is 20.9. The molecule has 1 unspecified atom stereocenters. The number of ether oxygens (including phenoxy) is 2. The number of aromatic nitrogens is 3. The largest absolute Gasteiger partial charge is 0.494 e. The number of H-pyrrole nitrogens is 1. The quantitative estimate of drug-likeness (QED) is 0.205. The normalized spacial score (nSPS) is 17.0. The van der Waals surface area contributed by atoms with Gasteiger partial charge in [0, 0.05) is 45.8 Å². The number of fused-ring (bicyclic) bond motifs is 2. The summed E-state index contributed by atoms with van der Waals surface area (Å²) in [6.45, 7) is 4.71. The van der Waals surface area contributed by atoms with E-state index in [4.69, 9.17) is 9.47 Å². The highest BCUT2D eigenvalue weighted by Crippen LogP contribution is 2.45. The average Bonchev–Trinajstić information content (AvgIpc) is 3.63. The van der Waals surface area contributed by atoms with Gasteiger partial charge >= 0.3 is 0 Å². The molecule has 1 aliphatic heterocycles. The van der Waals surface area contributed by atoms with Crippen LogP contribution < -0.4 is 10.1 Å². The number of aryl methyl sites for hydroxylation is 1. The maximum Gasteiger partial charge on any atom is 0.251 e. The van der Waals surface area contributed by atoms with Gasteiger partial charge in [-0.1, -0.05) is 12.1 Å². The van der Waals surface area contributed by atoms with Crippen LogP contribution in [0.5, 0.6) is 5.75 Å². The third-order valence-electron chi connectivity index (χ3n) is 8.18. The molecule has 3 aromatic carbocycles. The summed E-state index contributed by atoms with van der Waals surface area (Å²) in [5, 5.41) is 23.0. The standard InChI is InChI=1S/C33H31F3N4O4/c1-17-11-18-12-19(13-25(43-4)29(18)40-39-17)31(41)38-16-33(9-6-10-44-33)23-14-22(32(2,3)42)27(35)26(28(23)36)21-15-37-30-20(21)7-5-8-24(30)34/h5,7-8,11-15,37,42H,6,9-10,16H2,1-4H3,(H,38,41). The number of hydrogen-bond donors (Lipinski definition) is 3. The number of hydrogen-bond acceptors (Lipinski definition) is 6. The number of carbonyl (C=O) groups is 1. The number of rotatable bonds is 7. The van der Waals surface area contributed by atoms with E-state index >= 15 is 8.78 Å². The molecule has 1 fully saturated rings. The van der Waals surface area contributed by atoms with Gasteiger partial charge in [-0.05, 0) is 63.9 Å². The zero-order chi connectivity index (χ0) is 31.4. The molecule has 1 atom stereocenters. The van der Waals surface area contributed by atoms with E-state index in [1.807, 2.05) is 0 Å². The van der Waals surface area contributed by atoms with Crippen molar-refractivity contribution in [3.63, 3.8) is 0 Å². The van der Waals surface area contributed by atoms with Crippen LogP contribution in [0.2, 0.25) is 0 Å². The zero-order valence-corrected chi connectivity index (χ0v) is 24.6. The maximum absolute atomic E-state index is 16.7. The summed E-state index contributed by atoms with van der Waals surface area (Å²) in [4.78, 5) is 16.2. The molecule has 0 spiro atoms. The number of para-hydroxylation sites is 1. The Balaban J connectivity index is 1.44. The molecule has 3 N–H and O–H groups in total. The summed E-state index contributed by atoms with van der Waals surface area (Å²) < 4.78 is 58.9. The first-order valence-electron chi connectivity index (χ1n) is 14.2. The molecule has 3 heterocycles. The highest BCUT2D eigenvalue weighted by atomic mass is 19.1. The first kappa shape index (κ1) is 29.6. The van der Waals surface area contributed by atoms with Crippen molar-refractivity contribution in [2.75, 3.05) is 20.3 Å².